The van der Waals surface area contributed by atoms with Gasteiger partial charge in [0.1, 0.15) is 0 Å². The topological polar surface area (TPSA) is 12.0 Å². The van der Waals surface area contributed by atoms with Gasteiger partial charge in [0.05, 0.1) is 0 Å². The van der Waals surface area contributed by atoms with Gasteiger partial charge in [-0.3, -0.25) is 0 Å². The molecule has 16 heavy (non-hydrogen) atoms. The van der Waals surface area contributed by atoms with Crippen molar-refractivity contribution >= 4 is 11.8 Å². The highest BCUT2D eigenvalue weighted by molar-refractivity contribution is 8.00. The molecule has 0 aliphatic heterocycles. The maximum Gasteiger partial charge on any atom is 0.0191 e. The van der Waals surface area contributed by atoms with Gasteiger partial charge >= 0.3 is 0 Å². The van der Waals surface area contributed by atoms with Crippen LogP contribution in [0, 0.1) is 13.8 Å². The molecule has 1 rings (SSSR count). The van der Waals surface area contributed by atoms with Gasteiger partial charge in [0.2, 0.25) is 0 Å². The fourth-order valence-corrected chi connectivity index (χ4v) is 2.70. The molecule has 0 bridgehead atoms. The number of hydrogen-bond donors (Lipinski definition) is 1. The maximum absolute atomic E-state index is 3.47. The Morgan fingerprint density at radius 1 is 1.31 bits per heavy atom. The van der Waals surface area contributed by atoms with E-state index in [2.05, 4.69) is 51.2 Å². The molecule has 0 spiro atoms. The van der Waals surface area contributed by atoms with Gasteiger partial charge in [-0.1, -0.05) is 31.5 Å². The minimum Gasteiger partial charge on any atom is -0.316 e. The van der Waals surface area contributed by atoms with Gasteiger partial charge in [0.15, 0.2) is 0 Å². The first-order chi connectivity index (χ1) is 7.63. The summed E-state index contributed by atoms with van der Waals surface area (Å²) in [7, 11) is 0. The highest BCUT2D eigenvalue weighted by Crippen LogP contribution is 2.26. The minimum atomic E-state index is 0.632. The van der Waals surface area contributed by atoms with Crippen LogP contribution in [0.25, 0.3) is 0 Å². The minimum absolute atomic E-state index is 0.632. The third-order valence-corrected chi connectivity index (χ3v) is 3.80. The summed E-state index contributed by atoms with van der Waals surface area (Å²) < 4.78 is 0. The molecule has 0 aliphatic rings. The Morgan fingerprint density at radius 2 is 2.06 bits per heavy atom. The standard InChI is InChI=1S/C14H23NS/c1-5-8-15-10-13(4)16-14-7-6-11(2)9-12(14)3/h6-7,9,13,15H,5,8,10H2,1-4H3. The van der Waals surface area contributed by atoms with Crippen molar-refractivity contribution < 1.29 is 0 Å². The lowest BCUT2D eigenvalue weighted by Gasteiger charge is -2.14. The predicted molar refractivity (Wildman–Crippen MR) is 74.4 cm³/mol. The monoisotopic (exact) mass is 237 g/mol. The van der Waals surface area contributed by atoms with Crippen LogP contribution in [0.5, 0.6) is 0 Å². The van der Waals surface area contributed by atoms with Gasteiger partial charge in [-0.15, -0.1) is 11.8 Å². The Kier molecular flexibility index (Phi) is 5.93. The molecule has 1 unspecified atom stereocenters. The maximum atomic E-state index is 3.47. The summed E-state index contributed by atoms with van der Waals surface area (Å²) in [5.74, 6) is 0. The molecule has 0 radical (unpaired) electrons. The van der Waals surface area contributed by atoms with E-state index in [9.17, 15) is 0 Å². The predicted octanol–water partition coefficient (Wildman–Crippen LogP) is 3.78. The van der Waals surface area contributed by atoms with Gasteiger partial charge in [0, 0.05) is 16.7 Å². The summed E-state index contributed by atoms with van der Waals surface area (Å²) in [6.07, 6.45) is 1.21. The number of thioether (sulfide) groups is 1. The van der Waals surface area contributed by atoms with Crippen molar-refractivity contribution in [1.29, 1.82) is 0 Å². The van der Waals surface area contributed by atoms with Gasteiger partial charge in [-0.25, -0.2) is 0 Å². The van der Waals surface area contributed by atoms with Crippen molar-refractivity contribution in [2.24, 2.45) is 0 Å². The summed E-state index contributed by atoms with van der Waals surface area (Å²) >= 11 is 1.97. The van der Waals surface area contributed by atoms with Gasteiger partial charge < -0.3 is 5.32 Å². The number of hydrogen-bond acceptors (Lipinski definition) is 2. The molecule has 0 fully saturated rings. The Hall–Kier alpha value is -0.470. The van der Waals surface area contributed by atoms with Gasteiger partial charge in [0.25, 0.3) is 0 Å². The Morgan fingerprint density at radius 3 is 2.69 bits per heavy atom. The Bertz CT molecular complexity index is 323. The Balaban J connectivity index is 2.46. The van der Waals surface area contributed by atoms with E-state index in [1.807, 2.05) is 11.8 Å². The Labute approximate surface area is 104 Å². The molecule has 0 heterocycles. The quantitative estimate of drug-likeness (QED) is 0.597. The molecule has 0 aromatic heterocycles. The lowest BCUT2D eigenvalue weighted by Crippen LogP contribution is -2.23. The van der Waals surface area contributed by atoms with Crippen molar-refractivity contribution in [3.05, 3.63) is 29.3 Å². The van der Waals surface area contributed by atoms with Crippen molar-refractivity contribution in [1.82, 2.24) is 5.32 Å². The number of nitrogens with one attached hydrogen (secondary N) is 1. The second kappa shape index (κ2) is 6.97. The molecular formula is C14H23NS. The average molecular weight is 237 g/mol. The van der Waals surface area contributed by atoms with Crippen LogP contribution in [0.2, 0.25) is 0 Å². The van der Waals surface area contributed by atoms with Crippen LogP contribution in [0.1, 0.15) is 31.4 Å². The van der Waals surface area contributed by atoms with E-state index in [1.54, 1.807) is 0 Å². The van der Waals surface area contributed by atoms with E-state index in [4.69, 9.17) is 0 Å². The molecule has 0 amide bonds. The van der Waals surface area contributed by atoms with Crippen molar-refractivity contribution in [3.8, 4) is 0 Å². The largest absolute Gasteiger partial charge is 0.316 e. The number of rotatable bonds is 6. The molecule has 1 atom stereocenters. The summed E-state index contributed by atoms with van der Waals surface area (Å²) in [5, 5.41) is 4.10. The molecule has 0 saturated carbocycles. The molecule has 1 aromatic rings. The van der Waals surface area contributed by atoms with E-state index >= 15 is 0 Å². The van der Waals surface area contributed by atoms with E-state index in [1.165, 1.54) is 22.4 Å². The van der Waals surface area contributed by atoms with Crippen LogP contribution >= 0.6 is 11.8 Å². The molecule has 0 saturated heterocycles. The third kappa shape index (κ3) is 4.58. The van der Waals surface area contributed by atoms with Crippen LogP contribution < -0.4 is 5.32 Å². The van der Waals surface area contributed by atoms with E-state index in [0.29, 0.717) is 5.25 Å². The molecule has 90 valence electrons. The van der Waals surface area contributed by atoms with Crippen molar-refractivity contribution in [2.75, 3.05) is 13.1 Å². The smallest absolute Gasteiger partial charge is 0.0191 e. The second-order valence-electron chi connectivity index (χ2n) is 4.40. The summed E-state index contributed by atoms with van der Waals surface area (Å²) in [4.78, 5) is 1.41. The van der Waals surface area contributed by atoms with E-state index < -0.39 is 0 Å². The first kappa shape index (κ1) is 13.6. The van der Waals surface area contributed by atoms with Crippen LogP contribution in [0.4, 0.5) is 0 Å². The lowest BCUT2D eigenvalue weighted by molar-refractivity contribution is 0.669. The fraction of sp³-hybridized carbons (Fsp3) is 0.571. The summed E-state index contributed by atoms with van der Waals surface area (Å²) in [6.45, 7) is 11.0. The first-order valence-corrected chi connectivity index (χ1v) is 6.96. The normalized spacial score (nSPS) is 12.8. The third-order valence-electron chi connectivity index (χ3n) is 2.52. The summed E-state index contributed by atoms with van der Waals surface area (Å²) in [6, 6.07) is 6.70. The van der Waals surface area contributed by atoms with Crippen molar-refractivity contribution in [3.63, 3.8) is 0 Å². The first-order valence-electron chi connectivity index (χ1n) is 6.08. The fourth-order valence-electron chi connectivity index (χ4n) is 1.67. The number of aryl methyl sites for hydroxylation is 2. The van der Waals surface area contributed by atoms with Crippen LogP contribution in [0.3, 0.4) is 0 Å². The van der Waals surface area contributed by atoms with Crippen LogP contribution in [0.15, 0.2) is 23.1 Å². The van der Waals surface area contributed by atoms with E-state index in [0.717, 1.165) is 13.1 Å². The molecule has 0 aliphatic carbocycles. The van der Waals surface area contributed by atoms with Crippen LogP contribution in [-0.4, -0.2) is 18.3 Å². The second-order valence-corrected chi connectivity index (χ2v) is 5.88. The van der Waals surface area contributed by atoms with Crippen LogP contribution in [-0.2, 0) is 0 Å². The van der Waals surface area contributed by atoms with Gasteiger partial charge in [-0.2, -0.15) is 0 Å². The molecule has 1 N–H and O–H groups in total. The van der Waals surface area contributed by atoms with E-state index in [-0.39, 0.29) is 0 Å². The zero-order valence-corrected chi connectivity index (χ0v) is 11.7. The van der Waals surface area contributed by atoms with Crippen molar-refractivity contribution in [2.45, 2.75) is 44.3 Å². The SMILES string of the molecule is CCCNCC(C)Sc1ccc(C)cc1C. The molecule has 2 heteroatoms. The molecule has 1 nitrogen and oxygen atoms in total. The zero-order chi connectivity index (χ0) is 12.0. The highest BCUT2D eigenvalue weighted by atomic mass is 32.2. The highest BCUT2D eigenvalue weighted by Gasteiger charge is 2.06. The summed E-state index contributed by atoms with van der Waals surface area (Å²) in [5.41, 5.74) is 2.74. The molecular weight excluding hydrogens is 214 g/mol. The average Bonchev–Trinajstić information content (AvgIpc) is 2.23. The lowest BCUT2D eigenvalue weighted by atomic mass is 10.2. The zero-order valence-electron chi connectivity index (χ0n) is 10.8. The number of benzene rings is 1. The van der Waals surface area contributed by atoms with Gasteiger partial charge in [-0.05, 0) is 38.4 Å². The molecule has 1 aromatic carbocycles.